The van der Waals surface area contributed by atoms with Crippen molar-refractivity contribution in [3.05, 3.63) is 109 Å². The molecule has 7 aromatic carbocycles. The van der Waals surface area contributed by atoms with E-state index in [4.69, 9.17) is 4.74 Å². The van der Waals surface area contributed by atoms with Crippen molar-refractivity contribution in [3.63, 3.8) is 0 Å². The van der Waals surface area contributed by atoms with Crippen molar-refractivity contribution >= 4 is 103 Å². The van der Waals surface area contributed by atoms with Crippen molar-refractivity contribution < 1.29 is 147 Å². The van der Waals surface area contributed by atoms with Crippen LogP contribution in [0.2, 0.25) is 0 Å². The fourth-order valence-electron chi connectivity index (χ4n) is 6.08. The summed E-state index contributed by atoms with van der Waals surface area (Å²) in [5.41, 5.74) is -0.836. The second kappa shape index (κ2) is 20.4. The summed E-state index contributed by atoms with van der Waals surface area (Å²) in [6.45, 7) is 0. The summed E-state index contributed by atoms with van der Waals surface area (Å²) in [7, 11) is -13.8. The number of ether oxygens (including phenoxy) is 1. The minimum atomic E-state index is -5.28. The molecule has 0 aliphatic heterocycles. The molecule has 7 rings (SSSR count). The molecule has 63 heavy (non-hydrogen) atoms. The molecule has 0 saturated carbocycles. The van der Waals surface area contributed by atoms with Crippen LogP contribution in [-0.4, -0.2) is 62.3 Å². The zero-order valence-electron chi connectivity index (χ0n) is 33.3. The van der Waals surface area contributed by atoms with Gasteiger partial charge in [0.15, 0.2) is 11.5 Å². The van der Waals surface area contributed by atoms with E-state index < -0.39 is 73.9 Å². The first-order chi connectivity index (χ1) is 28.3. The van der Waals surface area contributed by atoms with Gasteiger partial charge in [0.1, 0.15) is 53.2 Å². The van der Waals surface area contributed by atoms with Crippen LogP contribution >= 0.6 is 0 Å². The maximum Gasteiger partial charge on any atom is 1.00 e. The third-order valence-electron chi connectivity index (χ3n) is 8.85. The summed E-state index contributed by atoms with van der Waals surface area (Å²) in [6, 6.07) is 23.2. The largest absolute Gasteiger partial charge is 1.00 e. The van der Waals surface area contributed by atoms with Gasteiger partial charge in [-0.1, -0.05) is 24.3 Å². The van der Waals surface area contributed by atoms with E-state index in [1.54, 1.807) is 18.2 Å². The average Bonchev–Trinajstić information content (AvgIpc) is 3.18. The number of hydrogen-bond acceptors (Lipinski definition) is 17. The zero-order valence-corrected chi connectivity index (χ0v) is 41.7. The normalized spacial score (nSPS) is 11.9. The third-order valence-corrected chi connectivity index (χ3v) is 11.4. The van der Waals surface area contributed by atoms with Gasteiger partial charge < -0.3 is 39.2 Å². The first kappa shape index (κ1) is 51.6. The minimum Gasteiger partial charge on any atom is -0.744 e. The molecule has 0 bridgehead atoms. The summed E-state index contributed by atoms with van der Waals surface area (Å²) in [5, 5.41) is 43.6. The Labute approximate surface area is 424 Å². The number of azo groups is 2. The molecule has 0 aromatic heterocycles. The number of rotatable bonds is 10. The number of benzene rings is 7. The van der Waals surface area contributed by atoms with Crippen LogP contribution in [0, 0.1) is 0 Å². The molecule has 0 radical (unpaired) electrons. The van der Waals surface area contributed by atoms with Crippen molar-refractivity contribution in [2.75, 3.05) is 17.7 Å². The Hall–Kier alpha value is -4.08. The minimum absolute atomic E-state index is 0. The fraction of sp³-hybridized carbons (Fsp3) is 0.0263. The fourth-order valence-corrected chi connectivity index (χ4v) is 7.88. The number of aromatic hydroxyl groups is 2. The van der Waals surface area contributed by atoms with Crippen LogP contribution in [0.3, 0.4) is 0 Å². The zero-order chi connectivity index (χ0) is 43.1. The summed E-state index contributed by atoms with van der Waals surface area (Å²) >= 11 is 0. The molecule has 0 atom stereocenters. The summed E-state index contributed by atoms with van der Waals surface area (Å²) in [5.74, 6) is -1.11. The van der Waals surface area contributed by atoms with Gasteiger partial charge in [0.25, 0.3) is 0 Å². The summed E-state index contributed by atoms with van der Waals surface area (Å²) in [4.78, 5) is 10.8. The van der Waals surface area contributed by atoms with Gasteiger partial charge in [-0.2, -0.15) is 5.11 Å². The molecule has 306 valence electrons. The predicted molar refractivity (Wildman–Crippen MR) is 213 cm³/mol. The number of methoxy groups -OCH3 is 1. The van der Waals surface area contributed by atoms with Gasteiger partial charge in [0.05, 0.1) is 27.5 Å². The summed E-state index contributed by atoms with van der Waals surface area (Å²) in [6.07, 6.45) is 0. The maximum absolute atomic E-state index is 13.1. The maximum atomic E-state index is 13.1. The molecule has 0 aliphatic rings. The Kier molecular flexibility index (Phi) is 16.7. The molecule has 0 heterocycles. The Balaban J connectivity index is 0.00000290. The van der Waals surface area contributed by atoms with E-state index in [0.29, 0.717) is 16.5 Å². The Bertz CT molecular complexity index is 3360. The molecule has 0 aliphatic carbocycles. The van der Waals surface area contributed by atoms with Crippen LogP contribution in [-0.2, 0) is 30.4 Å². The van der Waals surface area contributed by atoms with Gasteiger partial charge >= 0.3 is 94.7 Å². The molecule has 2 amide bonds. The first-order valence-electron chi connectivity index (χ1n) is 16.9. The number of phenols is 2. The second-order valence-corrected chi connectivity index (χ2v) is 16.8. The monoisotopic (exact) mass is 938 g/mol. The smallest absolute Gasteiger partial charge is 0.744 e. The quantitative estimate of drug-likeness (QED) is 0.0710. The number of urea groups is 1. The van der Waals surface area contributed by atoms with E-state index in [2.05, 4.69) is 31.1 Å². The van der Waals surface area contributed by atoms with Crippen LogP contribution in [0.5, 0.6) is 17.2 Å². The van der Waals surface area contributed by atoms with Gasteiger partial charge in [-0.15, -0.1) is 15.3 Å². The van der Waals surface area contributed by atoms with E-state index in [-0.39, 0.29) is 133 Å². The topological polar surface area (TPSA) is 312 Å². The Morgan fingerprint density at radius 1 is 0.556 bits per heavy atom. The number of carbonyl (C=O) groups is 1. The molecule has 0 spiro atoms. The van der Waals surface area contributed by atoms with Crippen molar-refractivity contribution in [2.45, 2.75) is 14.7 Å². The SMILES string of the molecule is COc1ccccc1N=Nc1c(S(=O)(=O)[O-])cc2cc(NC(=O)Nc3ccc4c(O)c(N=Nc5ccc6cc(S(=O)(=O)[O-])ccc6c5)c(S(=O)(=O)[O-])cc4c3)ccc2c1O.[Na+].[Na+].[Na+]. The van der Waals surface area contributed by atoms with Crippen LogP contribution < -0.4 is 104 Å². The van der Waals surface area contributed by atoms with E-state index in [0.717, 1.165) is 24.3 Å². The molecule has 4 N–H and O–H groups in total. The van der Waals surface area contributed by atoms with E-state index in [9.17, 15) is 53.9 Å². The van der Waals surface area contributed by atoms with Crippen LogP contribution in [0.1, 0.15) is 0 Å². The van der Waals surface area contributed by atoms with Gasteiger partial charge in [-0.25, -0.2) is 30.0 Å². The van der Waals surface area contributed by atoms with Gasteiger partial charge in [-0.3, -0.25) is 0 Å². The summed E-state index contributed by atoms with van der Waals surface area (Å²) < 4.78 is 113. The van der Waals surface area contributed by atoms with E-state index in [1.807, 2.05) is 0 Å². The number of fused-ring (bicyclic) bond motifs is 3. The van der Waals surface area contributed by atoms with Gasteiger partial charge in [0, 0.05) is 22.1 Å². The molecule has 19 nitrogen and oxygen atoms in total. The molecule has 7 aromatic rings. The van der Waals surface area contributed by atoms with Crippen molar-refractivity contribution in [2.24, 2.45) is 20.5 Å². The van der Waals surface area contributed by atoms with Gasteiger partial charge in [0.2, 0.25) is 0 Å². The van der Waals surface area contributed by atoms with Gasteiger partial charge in [-0.05, 0) is 106 Å². The van der Waals surface area contributed by atoms with Crippen LogP contribution in [0.4, 0.5) is 38.9 Å². The molecule has 25 heteroatoms. The van der Waals surface area contributed by atoms with E-state index in [1.165, 1.54) is 73.8 Å². The Morgan fingerprint density at radius 3 is 1.56 bits per heavy atom. The number of para-hydroxylation sites is 1. The number of nitrogens with zero attached hydrogens (tertiary/aromatic N) is 4. The first-order valence-corrected chi connectivity index (χ1v) is 21.1. The van der Waals surface area contributed by atoms with Crippen LogP contribution in [0.15, 0.2) is 144 Å². The number of carbonyl (C=O) groups excluding carboxylic acids is 1. The third kappa shape index (κ3) is 11.6. The van der Waals surface area contributed by atoms with Crippen LogP contribution in [0.25, 0.3) is 32.3 Å². The molecular weight excluding hydrogens is 914 g/mol. The molecule has 0 unspecified atom stereocenters. The predicted octanol–water partition coefficient (Wildman–Crippen LogP) is -1.23. The number of amides is 2. The standard InChI is InChI=1S/C38H28N6O13S3.3Na/c1-57-31-5-3-2-4-30(31)42-44-35-33(60(54,55)56)19-23-16-25(10-13-29(23)37(35)46)40-38(47)39-24-9-12-28-22(15-24)18-32(59(51,52)53)34(36(28)45)43-41-26-8-6-21-17-27(58(48,49)50)11-7-20(21)14-26;;;/h2-19,45-46H,1H3,(H2,39,40,47)(H,48,49,50)(H,51,52,53)(H,54,55,56);;;/q;3*+1/p-3. The number of anilines is 2. The van der Waals surface area contributed by atoms with Crippen molar-refractivity contribution in [1.29, 1.82) is 0 Å². The van der Waals surface area contributed by atoms with Crippen molar-refractivity contribution in [3.8, 4) is 17.2 Å². The number of hydrogen-bond donors (Lipinski definition) is 4. The molecular formula is C38H25N6Na3O13S3. The Morgan fingerprint density at radius 2 is 1.05 bits per heavy atom. The second-order valence-electron chi connectivity index (χ2n) is 12.7. The molecule has 0 saturated heterocycles. The average molecular weight is 939 g/mol. The number of nitrogens with one attached hydrogen (secondary N) is 2. The number of phenolic OH excluding ortho intramolecular Hbond substituents is 2. The van der Waals surface area contributed by atoms with Crippen molar-refractivity contribution in [1.82, 2.24) is 0 Å². The van der Waals surface area contributed by atoms with E-state index >= 15 is 0 Å². The molecule has 0 fully saturated rings.